The van der Waals surface area contributed by atoms with Crippen molar-refractivity contribution in [3.05, 3.63) is 71.0 Å². The fraction of sp³-hybridized carbons (Fsp3) is 0.379. The predicted octanol–water partition coefficient (Wildman–Crippen LogP) is 2.65. The van der Waals surface area contributed by atoms with E-state index in [1.807, 2.05) is 31.2 Å². The molecule has 4 heterocycles. The number of nitrogens with two attached hydrogens (primary N) is 1. The van der Waals surface area contributed by atoms with Crippen molar-refractivity contribution in [1.29, 1.82) is 0 Å². The molecule has 0 spiro atoms. The molecule has 208 valence electrons. The first-order chi connectivity index (χ1) is 18.8. The van der Waals surface area contributed by atoms with E-state index >= 15 is 0 Å². The van der Waals surface area contributed by atoms with Crippen molar-refractivity contribution >= 4 is 33.7 Å². The predicted molar refractivity (Wildman–Crippen MR) is 152 cm³/mol. The minimum absolute atomic E-state index is 0.114. The highest BCUT2D eigenvalue weighted by molar-refractivity contribution is 5.88. The summed E-state index contributed by atoms with van der Waals surface area (Å²) in [5, 5.41) is 16.5. The van der Waals surface area contributed by atoms with E-state index in [9.17, 15) is 9.59 Å². The van der Waals surface area contributed by atoms with Crippen molar-refractivity contribution < 1.29 is 19.4 Å². The fourth-order valence-electron chi connectivity index (χ4n) is 5.48. The number of ether oxygens (including phenoxy) is 1. The van der Waals surface area contributed by atoms with Gasteiger partial charge in [0.1, 0.15) is 6.04 Å². The van der Waals surface area contributed by atoms with Crippen LogP contribution in [0.3, 0.4) is 0 Å². The molecule has 10 nitrogen and oxygen atoms in total. The molecular formula is C29H38N6O4. The van der Waals surface area contributed by atoms with Crippen LogP contribution in [0.5, 0.6) is 0 Å². The molecule has 4 aromatic rings. The number of esters is 1. The third-order valence-electron chi connectivity index (χ3n) is 7.22. The third-order valence-corrected chi connectivity index (χ3v) is 7.22. The van der Waals surface area contributed by atoms with Crippen molar-refractivity contribution in [1.82, 2.24) is 26.0 Å². The number of para-hydroxylation sites is 2. The van der Waals surface area contributed by atoms with E-state index in [1.54, 1.807) is 6.92 Å². The number of carbonyl (C=O) groups is 2. The van der Waals surface area contributed by atoms with Gasteiger partial charge in [0.25, 0.3) is 5.91 Å². The molecule has 39 heavy (non-hydrogen) atoms. The van der Waals surface area contributed by atoms with Crippen LogP contribution in [0.15, 0.2) is 48.5 Å². The Hall–Kier alpha value is -3.70. The second kappa shape index (κ2) is 12.4. The summed E-state index contributed by atoms with van der Waals surface area (Å²) < 4.78 is 4.83. The normalized spacial score (nSPS) is 21.5. The molecule has 0 radical (unpaired) electrons. The van der Waals surface area contributed by atoms with Crippen molar-refractivity contribution in [2.75, 3.05) is 13.7 Å². The standard InChI is InChI=1S/C14H16N2O2.C13H16N4O.C2H6O/c1-8-13-10(7-12(15-8)14(17)18-2)9-5-3-4-6-11(9)16-13;1-7-12-9(6-11(15-7)13(18)17-14)8-4-2-3-5-10(8)16-12;1-2-3/h3-6,8,12,15-16H,7H2,1-2H3;2-5,7,11,15-16H,6,14H2,1H3,(H,17,18);3H,2H2,1H3/t8-,12-;7-,11-;/m00./s1. The highest BCUT2D eigenvalue weighted by atomic mass is 16.5. The number of nitrogens with one attached hydrogen (secondary N) is 5. The van der Waals surface area contributed by atoms with Crippen LogP contribution in [-0.2, 0) is 27.2 Å². The molecule has 8 N–H and O–H groups in total. The smallest absolute Gasteiger partial charge is 0.323 e. The summed E-state index contributed by atoms with van der Waals surface area (Å²) in [5.41, 5.74) is 9.24. The Kier molecular flexibility index (Phi) is 9.03. The Balaban J connectivity index is 0.000000165. The van der Waals surface area contributed by atoms with Crippen molar-refractivity contribution in [3.63, 3.8) is 0 Å². The van der Waals surface area contributed by atoms with Gasteiger partial charge in [-0.1, -0.05) is 36.4 Å². The quantitative estimate of drug-likeness (QED) is 0.0902. The minimum Gasteiger partial charge on any atom is -0.468 e. The van der Waals surface area contributed by atoms with E-state index in [0.29, 0.717) is 12.8 Å². The Morgan fingerprint density at radius 1 is 0.897 bits per heavy atom. The van der Waals surface area contributed by atoms with Gasteiger partial charge in [-0.3, -0.25) is 25.6 Å². The molecule has 0 saturated carbocycles. The Morgan fingerprint density at radius 2 is 1.33 bits per heavy atom. The SMILES string of the molecule is CCO.COC(=O)[C@@H]1Cc2c([nH]c3ccccc23)[C@H](C)N1.C[C@@H]1N[C@H](C(=O)NN)Cc2c1[nH]c1ccccc21. The van der Waals surface area contributed by atoms with Gasteiger partial charge < -0.3 is 19.8 Å². The maximum atomic E-state index is 11.7. The van der Waals surface area contributed by atoms with E-state index < -0.39 is 0 Å². The number of aromatic nitrogens is 2. The number of hydrogen-bond donors (Lipinski definition) is 7. The summed E-state index contributed by atoms with van der Waals surface area (Å²) in [5.74, 6) is 4.84. The summed E-state index contributed by atoms with van der Waals surface area (Å²) in [6.07, 6.45) is 1.34. The van der Waals surface area contributed by atoms with E-state index in [4.69, 9.17) is 15.7 Å². The van der Waals surface area contributed by atoms with Gasteiger partial charge in [0.05, 0.1) is 13.2 Å². The maximum Gasteiger partial charge on any atom is 0.323 e. The van der Waals surface area contributed by atoms with Gasteiger partial charge in [0, 0.05) is 58.3 Å². The minimum atomic E-state index is -0.267. The molecule has 0 fully saturated rings. The van der Waals surface area contributed by atoms with Gasteiger partial charge in [-0.2, -0.15) is 0 Å². The first kappa shape index (κ1) is 28.3. The highest BCUT2D eigenvalue weighted by Gasteiger charge is 2.32. The molecule has 4 atom stereocenters. The summed E-state index contributed by atoms with van der Waals surface area (Å²) in [6, 6.07) is 16.1. The van der Waals surface area contributed by atoms with Crippen LogP contribution in [0, 0.1) is 0 Å². The van der Waals surface area contributed by atoms with Gasteiger partial charge in [0.2, 0.25) is 0 Å². The number of hydrogen-bond acceptors (Lipinski definition) is 7. The summed E-state index contributed by atoms with van der Waals surface area (Å²) >= 11 is 0. The van der Waals surface area contributed by atoms with Gasteiger partial charge in [-0.05, 0) is 50.5 Å². The second-order valence-corrected chi connectivity index (χ2v) is 9.76. The monoisotopic (exact) mass is 534 g/mol. The molecule has 0 aliphatic carbocycles. The topological polar surface area (TPSA) is 157 Å². The molecule has 2 aromatic heterocycles. The molecule has 0 bridgehead atoms. The zero-order chi connectivity index (χ0) is 28.1. The Bertz CT molecular complexity index is 1340. The van der Waals surface area contributed by atoms with Gasteiger partial charge in [-0.15, -0.1) is 0 Å². The molecule has 10 heteroatoms. The summed E-state index contributed by atoms with van der Waals surface area (Å²) in [7, 11) is 1.43. The number of fused-ring (bicyclic) bond motifs is 6. The molecule has 6 rings (SSSR count). The molecule has 1 amide bonds. The molecule has 0 saturated heterocycles. The van der Waals surface area contributed by atoms with Crippen LogP contribution >= 0.6 is 0 Å². The van der Waals surface area contributed by atoms with Crippen LogP contribution in [0.1, 0.15) is 55.4 Å². The van der Waals surface area contributed by atoms with Gasteiger partial charge in [0.15, 0.2) is 0 Å². The lowest BCUT2D eigenvalue weighted by atomic mass is 9.94. The second-order valence-electron chi connectivity index (χ2n) is 9.76. The third kappa shape index (κ3) is 5.84. The van der Waals surface area contributed by atoms with Gasteiger partial charge in [-0.25, -0.2) is 5.84 Å². The van der Waals surface area contributed by atoms with Gasteiger partial charge >= 0.3 is 5.97 Å². The molecule has 2 aliphatic rings. The molecule has 2 aliphatic heterocycles. The lowest BCUT2D eigenvalue weighted by molar-refractivity contribution is -0.143. The first-order valence-electron chi connectivity index (χ1n) is 13.2. The van der Waals surface area contributed by atoms with Crippen molar-refractivity contribution in [2.45, 2.75) is 57.8 Å². The van der Waals surface area contributed by atoms with E-state index in [0.717, 1.165) is 16.7 Å². The van der Waals surface area contributed by atoms with Crippen molar-refractivity contribution in [3.8, 4) is 0 Å². The molecule has 0 unspecified atom stereocenters. The fourth-order valence-corrected chi connectivity index (χ4v) is 5.48. The maximum absolute atomic E-state index is 11.7. The number of benzene rings is 2. The summed E-state index contributed by atoms with van der Waals surface area (Å²) in [4.78, 5) is 30.2. The number of hydrazine groups is 1. The number of carbonyl (C=O) groups excluding carboxylic acids is 2. The average molecular weight is 535 g/mol. The number of aliphatic hydroxyl groups excluding tert-OH is 1. The largest absolute Gasteiger partial charge is 0.468 e. The van der Waals surface area contributed by atoms with Crippen LogP contribution < -0.4 is 21.9 Å². The Morgan fingerprint density at radius 3 is 1.79 bits per heavy atom. The van der Waals surface area contributed by atoms with Crippen LogP contribution in [0.25, 0.3) is 21.8 Å². The van der Waals surface area contributed by atoms with Crippen LogP contribution in [0.4, 0.5) is 0 Å². The number of rotatable bonds is 2. The average Bonchev–Trinajstić information content (AvgIpc) is 3.52. The lowest BCUT2D eigenvalue weighted by Gasteiger charge is -2.27. The number of amides is 1. The Labute approximate surface area is 227 Å². The zero-order valence-corrected chi connectivity index (χ0v) is 22.8. The van der Waals surface area contributed by atoms with Crippen molar-refractivity contribution in [2.24, 2.45) is 5.84 Å². The number of methoxy groups -OCH3 is 1. The van der Waals surface area contributed by atoms with Crippen LogP contribution in [0.2, 0.25) is 0 Å². The summed E-state index contributed by atoms with van der Waals surface area (Å²) in [6.45, 7) is 6.04. The lowest BCUT2D eigenvalue weighted by Crippen LogP contribution is -2.50. The number of aromatic amines is 2. The molecular weight excluding hydrogens is 496 g/mol. The van der Waals surface area contributed by atoms with E-state index in [1.165, 1.54) is 34.7 Å². The zero-order valence-electron chi connectivity index (χ0n) is 22.8. The van der Waals surface area contributed by atoms with E-state index in [-0.39, 0.29) is 42.7 Å². The van der Waals surface area contributed by atoms with E-state index in [2.05, 4.69) is 57.2 Å². The highest BCUT2D eigenvalue weighted by Crippen LogP contribution is 2.32. The number of aliphatic hydroxyl groups is 1. The van der Waals surface area contributed by atoms with Crippen LogP contribution in [-0.4, -0.2) is 52.8 Å². The first-order valence-corrected chi connectivity index (χ1v) is 13.2. The number of H-pyrrole nitrogens is 2. The molecule has 2 aromatic carbocycles.